The van der Waals surface area contributed by atoms with E-state index in [2.05, 4.69) is 10.3 Å². The zero-order valence-electron chi connectivity index (χ0n) is 11.5. The van der Waals surface area contributed by atoms with Gasteiger partial charge in [-0.1, -0.05) is 17.3 Å². The standard InChI is InChI=1S/C15H17N3O2/c1-11-3-2-4-13(9-11)20-8-7-18-15(12-5-6-12)14(10-19)16-17-18/h2-4,9-10,12H,5-8H2,1H3. The Kier molecular flexibility index (Phi) is 3.50. The molecule has 2 aromatic rings. The molecule has 104 valence electrons. The Morgan fingerprint density at radius 2 is 2.30 bits per heavy atom. The molecule has 1 aliphatic carbocycles. The lowest BCUT2D eigenvalue weighted by atomic mass is 10.2. The van der Waals surface area contributed by atoms with Gasteiger partial charge in [-0.3, -0.25) is 4.79 Å². The largest absolute Gasteiger partial charge is 0.492 e. The van der Waals surface area contributed by atoms with Gasteiger partial charge >= 0.3 is 0 Å². The molecule has 0 unspecified atom stereocenters. The van der Waals surface area contributed by atoms with Gasteiger partial charge in [0, 0.05) is 5.92 Å². The highest BCUT2D eigenvalue weighted by Gasteiger charge is 2.31. The summed E-state index contributed by atoms with van der Waals surface area (Å²) in [5.74, 6) is 1.30. The minimum Gasteiger partial charge on any atom is -0.492 e. The molecule has 0 spiro atoms. The Hall–Kier alpha value is -2.17. The number of carbonyl (C=O) groups is 1. The van der Waals surface area contributed by atoms with Crippen LogP contribution in [0.3, 0.4) is 0 Å². The molecule has 1 aliphatic rings. The van der Waals surface area contributed by atoms with Crippen LogP contribution in [-0.4, -0.2) is 27.9 Å². The van der Waals surface area contributed by atoms with Crippen LogP contribution in [0.4, 0.5) is 0 Å². The molecule has 0 saturated heterocycles. The van der Waals surface area contributed by atoms with Crippen LogP contribution >= 0.6 is 0 Å². The van der Waals surface area contributed by atoms with Crippen LogP contribution in [0.25, 0.3) is 0 Å². The van der Waals surface area contributed by atoms with Crippen LogP contribution in [-0.2, 0) is 6.54 Å². The lowest BCUT2D eigenvalue weighted by Gasteiger charge is -2.08. The summed E-state index contributed by atoms with van der Waals surface area (Å²) in [4.78, 5) is 11.0. The van der Waals surface area contributed by atoms with E-state index in [0.29, 0.717) is 24.8 Å². The normalized spacial score (nSPS) is 14.2. The maximum atomic E-state index is 11.0. The highest BCUT2D eigenvalue weighted by molar-refractivity contribution is 5.73. The molecule has 0 bridgehead atoms. The molecular weight excluding hydrogens is 254 g/mol. The number of aromatic nitrogens is 3. The molecule has 20 heavy (non-hydrogen) atoms. The van der Waals surface area contributed by atoms with Crippen LogP contribution in [0.15, 0.2) is 24.3 Å². The number of ether oxygens (including phenoxy) is 1. The first-order chi connectivity index (χ1) is 9.78. The second kappa shape index (κ2) is 5.45. The zero-order chi connectivity index (χ0) is 13.9. The number of hydrogen-bond donors (Lipinski definition) is 0. The average Bonchev–Trinajstić information content (AvgIpc) is 3.20. The Labute approximate surface area is 117 Å². The highest BCUT2D eigenvalue weighted by atomic mass is 16.5. The van der Waals surface area contributed by atoms with Gasteiger partial charge in [-0.2, -0.15) is 0 Å². The molecule has 0 N–H and O–H groups in total. The molecular formula is C15H17N3O2. The van der Waals surface area contributed by atoms with Gasteiger partial charge in [0.1, 0.15) is 18.1 Å². The summed E-state index contributed by atoms with van der Waals surface area (Å²) in [6, 6.07) is 7.94. The fourth-order valence-electron chi connectivity index (χ4n) is 2.31. The Morgan fingerprint density at radius 3 is 3.00 bits per heavy atom. The number of nitrogens with zero attached hydrogens (tertiary/aromatic N) is 3. The quantitative estimate of drug-likeness (QED) is 0.757. The van der Waals surface area contributed by atoms with Gasteiger partial charge in [0.05, 0.1) is 12.2 Å². The first-order valence-corrected chi connectivity index (χ1v) is 6.86. The third-order valence-corrected chi connectivity index (χ3v) is 3.44. The topological polar surface area (TPSA) is 57.0 Å². The van der Waals surface area contributed by atoms with Gasteiger partial charge < -0.3 is 4.74 Å². The first kappa shape index (κ1) is 12.8. The molecule has 5 nitrogen and oxygen atoms in total. The summed E-state index contributed by atoms with van der Waals surface area (Å²) < 4.78 is 7.51. The van der Waals surface area contributed by atoms with Crippen molar-refractivity contribution in [2.45, 2.75) is 32.2 Å². The molecule has 1 saturated carbocycles. The Bertz CT molecular complexity index is 617. The van der Waals surface area contributed by atoms with E-state index in [1.807, 2.05) is 31.2 Å². The van der Waals surface area contributed by atoms with Crippen molar-refractivity contribution in [2.24, 2.45) is 0 Å². The van der Waals surface area contributed by atoms with Gasteiger partial charge in [0.2, 0.25) is 0 Å². The van der Waals surface area contributed by atoms with E-state index < -0.39 is 0 Å². The van der Waals surface area contributed by atoms with Crippen LogP contribution in [0.1, 0.15) is 40.5 Å². The molecule has 1 fully saturated rings. The molecule has 0 atom stereocenters. The molecule has 5 heteroatoms. The number of aldehydes is 1. The second-order valence-electron chi connectivity index (χ2n) is 5.14. The molecule has 1 heterocycles. The fraction of sp³-hybridized carbons (Fsp3) is 0.400. The third-order valence-electron chi connectivity index (χ3n) is 3.44. The van der Waals surface area contributed by atoms with E-state index in [9.17, 15) is 4.79 Å². The Morgan fingerprint density at radius 1 is 1.45 bits per heavy atom. The van der Waals surface area contributed by atoms with E-state index in [1.54, 1.807) is 4.68 Å². The zero-order valence-corrected chi connectivity index (χ0v) is 11.5. The van der Waals surface area contributed by atoms with Crippen molar-refractivity contribution in [3.8, 4) is 5.75 Å². The van der Waals surface area contributed by atoms with Crippen LogP contribution in [0, 0.1) is 6.92 Å². The monoisotopic (exact) mass is 271 g/mol. The average molecular weight is 271 g/mol. The predicted molar refractivity (Wildman–Crippen MR) is 74.1 cm³/mol. The van der Waals surface area contributed by atoms with Gasteiger partial charge in [-0.15, -0.1) is 5.10 Å². The number of aryl methyl sites for hydroxylation is 1. The van der Waals surface area contributed by atoms with E-state index >= 15 is 0 Å². The van der Waals surface area contributed by atoms with Crippen LogP contribution in [0.5, 0.6) is 5.75 Å². The van der Waals surface area contributed by atoms with Crippen molar-refractivity contribution >= 4 is 6.29 Å². The van der Waals surface area contributed by atoms with Crippen molar-refractivity contribution in [1.29, 1.82) is 0 Å². The number of benzene rings is 1. The Balaban J connectivity index is 1.64. The summed E-state index contributed by atoms with van der Waals surface area (Å²) in [7, 11) is 0. The fourth-order valence-corrected chi connectivity index (χ4v) is 2.31. The van der Waals surface area contributed by atoms with Crippen molar-refractivity contribution in [3.05, 3.63) is 41.2 Å². The minimum absolute atomic E-state index is 0.448. The SMILES string of the molecule is Cc1cccc(OCCn2nnc(C=O)c2C2CC2)c1. The summed E-state index contributed by atoms with van der Waals surface area (Å²) >= 11 is 0. The summed E-state index contributed by atoms with van der Waals surface area (Å²) in [6.45, 7) is 3.16. The van der Waals surface area contributed by atoms with E-state index in [4.69, 9.17) is 4.74 Å². The molecule has 3 rings (SSSR count). The van der Waals surface area contributed by atoms with Crippen molar-refractivity contribution in [2.75, 3.05) is 6.61 Å². The van der Waals surface area contributed by atoms with Crippen molar-refractivity contribution < 1.29 is 9.53 Å². The second-order valence-corrected chi connectivity index (χ2v) is 5.14. The highest BCUT2D eigenvalue weighted by Crippen LogP contribution is 2.40. The summed E-state index contributed by atoms with van der Waals surface area (Å²) in [5.41, 5.74) is 2.61. The van der Waals surface area contributed by atoms with Gasteiger partial charge in [-0.25, -0.2) is 4.68 Å². The number of hydrogen-bond acceptors (Lipinski definition) is 4. The lowest BCUT2D eigenvalue weighted by molar-refractivity contribution is 0.111. The third kappa shape index (κ3) is 2.71. The van der Waals surface area contributed by atoms with E-state index in [-0.39, 0.29) is 0 Å². The van der Waals surface area contributed by atoms with Crippen LogP contribution in [0.2, 0.25) is 0 Å². The van der Waals surface area contributed by atoms with Gasteiger partial charge in [0.15, 0.2) is 6.29 Å². The van der Waals surface area contributed by atoms with Crippen molar-refractivity contribution in [1.82, 2.24) is 15.0 Å². The minimum atomic E-state index is 0.448. The van der Waals surface area contributed by atoms with Crippen molar-refractivity contribution in [3.63, 3.8) is 0 Å². The number of rotatable bonds is 6. The van der Waals surface area contributed by atoms with Crippen LogP contribution < -0.4 is 4.74 Å². The van der Waals surface area contributed by atoms with Gasteiger partial charge in [0.25, 0.3) is 0 Å². The molecule has 1 aromatic carbocycles. The maximum Gasteiger partial charge on any atom is 0.172 e. The maximum absolute atomic E-state index is 11.0. The summed E-state index contributed by atoms with van der Waals surface area (Å²) in [6.07, 6.45) is 3.03. The molecule has 0 aliphatic heterocycles. The van der Waals surface area contributed by atoms with Gasteiger partial charge in [-0.05, 0) is 37.5 Å². The predicted octanol–water partition coefficient (Wildman–Crippen LogP) is 2.36. The summed E-state index contributed by atoms with van der Waals surface area (Å²) in [5, 5.41) is 7.98. The first-order valence-electron chi connectivity index (χ1n) is 6.86. The molecule has 1 aromatic heterocycles. The molecule has 0 radical (unpaired) electrons. The molecule has 0 amide bonds. The van der Waals surface area contributed by atoms with E-state index in [0.717, 1.165) is 30.6 Å². The smallest absolute Gasteiger partial charge is 0.172 e. The number of carbonyl (C=O) groups excluding carboxylic acids is 1. The van der Waals surface area contributed by atoms with E-state index in [1.165, 1.54) is 5.56 Å². The lowest BCUT2D eigenvalue weighted by Crippen LogP contribution is -2.12.